The lowest BCUT2D eigenvalue weighted by molar-refractivity contribution is -0.126. The summed E-state index contributed by atoms with van der Waals surface area (Å²) in [4.78, 5) is 24.7. The molecule has 2 aliphatic carbocycles. The number of rotatable bonds is 2. The Kier molecular flexibility index (Phi) is 3.39. The van der Waals surface area contributed by atoms with Crippen LogP contribution in [0.2, 0.25) is 0 Å². The smallest absolute Gasteiger partial charge is 0.188 e. The number of carbonyl (C=O) groups is 2. The molecule has 4 nitrogen and oxygen atoms in total. The Labute approximate surface area is 126 Å². The number of allylic oxidation sites excluding steroid dienone is 6. The normalized spacial score (nSPS) is 24.2. The highest BCUT2D eigenvalue weighted by Crippen LogP contribution is 2.35. The van der Waals surface area contributed by atoms with Gasteiger partial charge in [-0.15, -0.1) is 0 Å². The number of carbonyl (C=O) groups excluding carboxylic acids is 2. The highest BCUT2D eigenvalue weighted by molar-refractivity contribution is 6.46. The Morgan fingerprint density at radius 2 is 1.52 bits per heavy atom. The lowest BCUT2D eigenvalue weighted by Gasteiger charge is -2.28. The van der Waals surface area contributed by atoms with Gasteiger partial charge < -0.3 is 10.4 Å². The van der Waals surface area contributed by atoms with Gasteiger partial charge in [0.2, 0.25) is 0 Å². The number of benzene rings is 1. The Hall–Kier alpha value is -2.33. The molecule has 2 unspecified atom stereocenters. The number of hydrogen-bond acceptors (Lipinski definition) is 4. The molecule has 5 heteroatoms. The van der Waals surface area contributed by atoms with Crippen molar-refractivity contribution in [3.8, 4) is 5.75 Å². The minimum Gasteiger partial charge on any atom is -0.508 e. The van der Waals surface area contributed by atoms with E-state index in [4.69, 9.17) is 11.6 Å². The number of halogens is 1. The molecule has 0 fully saturated rings. The topological polar surface area (TPSA) is 66.4 Å². The number of anilines is 1. The first kappa shape index (κ1) is 13.6. The van der Waals surface area contributed by atoms with Gasteiger partial charge in [0.25, 0.3) is 0 Å². The van der Waals surface area contributed by atoms with E-state index in [2.05, 4.69) is 5.32 Å². The molecule has 2 N–H and O–H groups in total. The fraction of sp³-hybridized carbons (Fsp3) is 0.125. The standard InChI is InChI=1S/C16H12ClNO3/c17-13-14(18-9-5-7-10(19)8-6-9)16(21)12-4-2-1-3-11(12)15(13)20/h1-8,11-12,18-19H. The lowest BCUT2D eigenvalue weighted by Crippen LogP contribution is -2.37. The molecule has 0 amide bonds. The second kappa shape index (κ2) is 5.22. The number of phenols is 1. The minimum absolute atomic E-state index is 0.0747. The van der Waals surface area contributed by atoms with Gasteiger partial charge in [0, 0.05) is 5.69 Å². The molecule has 21 heavy (non-hydrogen) atoms. The van der Waals surface area contributed by atoms with Crippen LogP contribution in [0.25, 0.3) is 0 Å². The van der Waals surface area contributed by atoms with Crippen molar-refractivity contribution in [2.45, 2.75) is 0 Å². The van der Waals surface area contributed by atoms with Crippen LogP contribution in [0.5, 0.6) is 5.75 Å². The van der Waals surface area contributed by atoms with Gasteiger partial charge in [0.1, 0.15) is 16.5 Å². The number of phenolic OH excluding ortho intramolecular Hbond substituents is 1. The Bertz CT molecular complexity index is 701. The molecule has 1 aromatic rings. The zero-order chi connectivity index (χ0) is 15.0. The number of nitrogens with one attached hydrogen (secondary N) is 1. The highest BCUT2D eigenvalue weighted by Gasteiger charge is 2.40. The van der Waals surface area contributed by atoms with Crippen molar-refractivity contribution in [1.29, 1.82) is 0 Å². The molecule has 0 aliphatic heterocycles. The van der Waals surface area contributed by atoms with Crippen molar-refractivity contribution in [2.24, 2.45) is 11.8 Å². The van der Waals surface area contributed by atoms with Crippen LogP contribution in [-0.4, -0.2) is 16.7 Å². The third-order valence-corrected chi connectivity index (χ3v) is 3.93. The number of hydrogen-bond donors (Lipinski definition) is 2. The first-order chi connectivity index (χ1) is 10.1. The van der Waals surface area contributed by atoms with E-state index in [0.29, 0.717) is 5.69 Å². The van der Waals surface area contributed by atoms with Crippen LogP contribution in [0, 0.1) is 11.8 Å². The van der Waals surface area contributed by atoms with Crippen molar-refractivity contribution in [1.82, 2.24) is 0 Å². The van der Waals surface area contributed by atoms with Gasteiger partial charge in [-0.2, -0.15) is 0 Å². The second-order valence-corrected chi connectivity index (χ2v) is 5.29. The summed E-state index contributed by atoms with van der Waals surface area (Å²) in [7, 11) is 0. The molecule has 2 atom stereocenters. The molecule has 0 saturated carbocycles. The minimum atomic E-state index is -0.514. The molecule has 0 heterocycles. The maximum Gasteiger partial charge on any atom is 0.188 e. The second-order valence-electron chi connectivity index (χ2n) is 4.91. The SMILES string of the molecule is O=C1C(Cl)=C(Nc2ccc(O)cc2)C(=O)C2C=CC=CC12. The Balaban J connectivity index is 1.96. The van der Waals surface area contributed by atoms with Crippen molar-refractivity contribution >= 4 is 28.9 Å². The lowest BCUT2D eigenvalue weighted by atomic mass is 9.77. The van der Waals surface area contributed by atoms with Crippen LogP contribution in [0.1, 0.15) is 0 Å². The van der Waals surface area contributed by atoms with E-state index in [1.807, 2.05) is 0 Å². The Morgan fingerprint density at radius 3 is 2.14 bits per heavy atom. The van der Waals surface area contributed by atoms with Crippen LogP contribution in [0.15, 0.2) is 59.3 Å². The summed E-state index contributed by atoms with van der Waals surface area (Å²) < 4.78 is 0. The van der Waals surface area contributed by atoms with Crippen molar-refractivity contribution in [3.05, 3.63) is 59.3 Å². The number of fused-ring (bicyclic) bond motifs is 1. The van der Waals surface area contributed by atoms with E-state index in [1.165, 1.54) is 12.1 Å². The monoisotopic (exact) mass is 301 g/mol. The van der Waals surface area contributed by atoms with E-state index < -0.39 is 11.8 Å². The zero-order valence-electron chi connectivity index (χ0n) is 10.9. The average Bonchev–Trinajstić information content (AvgIpc) is 2.51. The first-order valence-corrected chi connectivity index (χ1v) is 6.85. The van der Waals surface area contributed by atoms with Crippen LogP contribution < -0.4 is 5.32 Å². The summed E-state index contributed by atoms with van der Waals surface area (Å²) in [5, 5.41) is 12.1. The third-order valence-electron chi connectivity index (χ3n) is 3.56. The maximum absolute atomic E-state index is 12.5. The van der Waals surface area contributed by atoms with Crippen LogP contribution in [-0.2, 0) is 9.59 Å². The van der Waals surface area contributed by atoms with Gasteiger partial charge in [-0.25, -0.2) is 0 Å². The molecule has 3 rings (SSSR count). The van der Waals surface area contributed by atoms with Gasteiger partial charge in [0.05, 0.1) is 11.8 Å². The van der Waals surface area contributed by atoms with Crippen molar-refractivity contribution in [2.75, 3.05) is 5.32 Å². The Morgan fingerprint density at radius 1 is 0.952 bits per heavy atom. The summed E-state index contributed by atoms with van der Waals surface area (Å²) in [6, 6.07) is 6.18. The molecule has 1 aromatic carbocycles. The van der Waals surface area contributed by atoms with E-state index in [9.17, 15) is 14.7 Å². The molecular formula is C16H12ClNO3. The zero-order valence-corrected chi connectivity index (χ0v) is 11.7. The summed E-state index contributed by atoms with van der Waals surface area (Å²) >= 11 is 6.07. The summed E-state index contributed by atoms with van der Waals surface area (Å²) in [6.07, 6.45) is 6.91. The van der Waals surface area contributed by atoms with Crippen molar-refractivity contribution in [3.63, 3.8) is 0 Å². The molecule has 0 spiro atoms. The van der Waals surface area contributed by atoms with Gasteiger partial charge in [-0.3, -0.25) is 9.59 Å². The van der Waals surface area contributed by atoms with Crippen molar-refractivity contribution < 1.29 is 14.7 Å². The molecule has 2 aliphatic rings. The molecule has 0 saturated heterocycles. The average molecular weight is 302 g/mol. The maximum atomic E-state index is 12.5. The number of aromatic hydroxyl groups is 1. The summed E-state index contributed by atoms with van der Waals surface area (Å²) in [5.74, 6) is -1.38. The predicted molar refractivity (Wildman–Crippen MR) is 79.9 cm³/mol. The van der Waals surface area contributed by atoms with Gasteiger partial charge in [0.15, 0.2) is 11.6 Å². The van der Waals surface area contributed by atoms with Crippen LogP contribution in [0.3, 0.4) is 0 Å². The third kappa shape index (κ3) is 2.38. The fourth-order valence-electron chi connectivity index (χ4n) is 2.46. The van der Waals surface area contributed by atoms with Crippen LogP contribution in [0.4, 0.5) is 5.69 Å². The number of ketones is 2. The van der Waals surface area contributed by atoms with Gasteiger partial charge >= 0.3 is 0 Å². The largest absolute Gasteiger partial charge is 0.508 e. The van der Waals surface area contributed by atoms with E-state index in [1.54, 1.807) is 36.4 Å². The molecule has 0 bridgehead atoms. The van der Waals surface area contributed by atoms with Crippen LogP contribution >= 0.6 is 11.6 Å². The molecular weight excluding hydrogens is 290 g/mol. The van der Waals surface area contributed by atoms with E-state index in [-0.39, 0.29) is 28.0 Å². The van der Waals surface area contributed by atoms with E-state index >= 15 is 0 Å². The fourth-order valence-corrected chi connectivity index (χ4v) is 2.72. The predicted octanol–water partition coefficient (Wildman–Crippen LogP) is 2.76. The molecule has 0 aromatic heterocycles. The van der Waals surface area contributed by atoms with Gasteiger partial charge in [-0.1, -0.05) is 35.9 Å². The molecule has 0 radical (unpaired) electrons. The number of Topliss-reactive ketones (excluding diaryl/α,β-unsaturated/α-hetero) is 2. The molecule has 106 valence electrons. The van der Waals surface area contributed by atoms with E-state index in [0.717, 1.165) is 0 Å². The summed E-state index contributed by atoms with van der Waals surface area (Å²) in [5.41, 5.74) is 0.685. The van der Waals surface area contributed by atoms with Gasteiger partial charge in [-0.05, 0) is 24.3 Å². The quantitative estimate of drug-likeness (QED) is 0.824. The highest BCUT2D eigenvalue weighted by atomic mass is 35.5. The summed E-state index contributed by atoms with van der Waals surface area (Å²) in [6.45, 7) is 0. The first-order valence-electron chi connectivity index (χ1n) is 6.47.